The normalized spacial score (nSPS) is 9.70. The molecule has 0 spiro atoms. The highest BCUT2D eigenvalue weighted by atomic mass is 35.5. The van der Waals surface area contributed by atoms with E-state index < -0.39 is 23.1 Å². The van der Waals surface area contributed by atoms with Crippen molar-refractivity contribution < 1.29 is 38.9 Å². The second-order valence-corrected chi connectivity index (χ2v) is 9.22. The van der Waals surface area contributed by atoms with E-state index in [2.05, 4.69) is 5.32 Å². The van der Waals surface area contributed by atoms with Gasteiger partial charge in [0.15, 0.2) is 0 Å². The average molecular weight is 607 g/mol. The van der Waals surface area contributed by atoms with Crippen molar-refractivity contribution >= 4 is 46.1 Å². The van der Waals surface area contributed by atoms with Gasteiger partial charge in [0.1, 0.15) is 11.5 Å². The van der Waals surface area contributed by atoms with Gasteiger partial charge in [-0.15, -0.1) is 0 Å². The predicted molar refractivity (Wildman–Crippen MR) is 165 cm³/mol. The first-order chi connectivity index (χ1) is 20.4. The highest BCUT2D eigenvalue weighted by molar-refractivity contribution is 6.68. The Morgan fingerprint density at radius 3 is 1.60 bits per heavy atom. The van der Waals surface area contributed by atoms with Gasteiger partial charge in [0.2, 0.25) is 0 Å². The van der Waals surface area contributed by atoms with E-state index in [1.165, 1.54) is 26.4 Å². The van der Waals surface area contributed by atoms with Crippen molar-refractivity contribution in [1.82, 2.24) is 0 Å². The molecule has 11 heteroatoms. The number of hydrogen-bond donors (Lipinski definition) is 4. The summed E-state index contributed by atoms with van der Waals surface area (Å²) in [5.41, 5.74) is 8.80. The molecule has 4 rings (SSSR count). The molecule has 0 saturated heterocycles. The minimum Gasteiger partial charge on any atom is -0.496 e. The van der Waals surface area contributed by atoms with Crippen LogP contribution in [-0.2, 0) is 0 Å². The van der Waals surface area contributed by atoms with Crippen LogP contribution in [-0.4, -0.2) is 47.5 Å². The lowest BCUT2D eigenvalue weighted by molar-refractivity contribution is 0.0687. The third-order valence-electron chi connectivity index (χ3n) is 5.76. The second kappa shape index (κ2) is 16.2. The zero-order valence-corrected chi connectivity index (χ0v) is 24.6. The Morgan fingerprint density at radius 1 is 0.674 bits per heavy atom. The van der Waals surface area contributed by atoms with Gasteiger partial charge in [0.25, 0.3) is 11.1 Å². The van der Waals surface area contributed by atoms with Crippen LogP contribution in [0, 0.1) is 13.8 Å². The number of carboxylic acid groups (broad SMARTS) is 2. The van der Waals surface area contributed by atoms with E-state index >= 15 is 0 Å². The van der Waals surface area contributed by atoms with Gasteiger partial charge < -0.3 is 30.7 Å². The van der Waals surface area contributed by atoms with E-state index in [1.807, 2.05) is 13.8 Å². The highest BCUT2D eigenvalue weighted by Crippen LogP contribution is 2.22. The second-order valence-electron chi connectivity index (χ2n) is 8.88. The van der Waals surface area contributed by atoms with Gasteiger partial charge in [-0.05, 0) is 85.1 Å². The molecule has 43 heavy (non-hydrogen) atoms. The van der Waals surface area contributed by atoms with E-state index in [9.17, 15) is 19.2 Å². The van der Waals surface area contributed by atoms with Crippen LogP contribution in [0.5, 0.6) is 11.5 Å². The summed E-state index contributed by atoms with van der Waals surface area (Å²) in [7, 11) is 2.97. The van der Waals surface area contributed by atoms with Crippen LogP contribution in [0.25, 0.3) is 0 Å². The number of carboxylic acids is 2. The first kappa shape index (κ1) is 33.9. The Labute approximate surface area is 253 Å². The van der Waals surface area contributed by atoms with Crippen LogP contribution < -0.4 is 20.5 Å². The number of anilines is 2. The number of benzene rings is 4. The summed E-state index contributed by atoms with van der Waals surface area (Å²) >= 11 is 5.27. The van der Waals surface area contributed by atoms with Crippen molar-refractivity contribution in [2.45, 2.75) is 13.8 Å². The largest absolute Gasteiger partial charge is 0.496 e. The van der Waals surface area contributed by atoms with Crippen LogP contribution in [0.3, 0.4) is 0 Å². The van der Waals surface area contributed by atoms with E-state index in [-0.39, 0.29) is 16.8 Å². The number of nitrogens with two attached hydrogens (primary N) is 1. The zero-order valence-electron chi connectivity index (χ0n) is 23.9. The molecule has 0 aliphatic heterocycles. The van der Waals surface area contributed by atoms with Gasteiger partial charge >= 0.3 is 11.9 Å². The summed E-state index contributed by atoms with van der Waals surface area (Å²) < 4.78 is 10.0. The first-order valence-electron chi connectivity index (χ1n) is 12.6. The van der Waals surface area contributed by atoms with Crippen LogP contribution in [0.15, 0.2) is 84.9 Å². The van der Waals surface area contributed by atoms with Gasteiger partial charge in [-0.2, -0.15) is 0 Å². The third kappa shape index (κ3) is 9.91. The molecule has 0 aliphatic rings. The molecule has 5 N–H and O–H groups in total. The summed E-state index contributed by atoms with van der Waals surface area (Å²) in [6.45, 7) is 3.69. The van der Waals surface area contributed by atoms with Crippen molar-refractivity contribution in [3.63, 3.8) is 0 Å². The molecule has 4 aromatic carbocycles. The number of para-hydroxylation sites is 2. The molecule has 10 nitrogen and oxygen atoms in total. The van der Waals surface area contributed by atoms with Crippen LogP contribution in [0.2, 0.25) is 0 Å². The SMILES string of the molecule is COc1ccccc1C(=O)Cl.COc1ccccc1C(=O)Nc1cc(C)ccc1C(=O)O.Cc1ccc(C(=O)O)c(N)c1. The highest BCUT2D eigenvalue weighted by Gasteiger charge is 2.16. The van der Waals surface area contributed by atoms with Gasteiger partial charge in [0.05, 0.1) is 42.2 Å². The number of hydrogen-bond acceptors (Lipinski definition) is 7. The van der Waals surface area contributed by atoms with Crippen LogP contribution in [0.4, 0.5) is 11.4 Å². The van der Waals surface area contributed by atoms with Gasteiger partial charge in [-0.1, -0.05) is 36.4 Å². The van der Waals surface area contributed by atoms with E-state index in [0.717, 1.165) is 11.1 Å². The number of nitrogens with one attached hydrogen (secondary N) is 1. The molecular formula is C32H31ClN2O8. The number of methoxy groups -OCH3 is 2. The fraction of sp³-hybridized carbons (Fsp3) is 0.125. The Morgan fingerprint density at radius 2 is 1.14 bits per heavy atom. The number of carbonyl (C=O) groups excluding carboxylic acids is 2. The number of aromatic carboxylic acids is 2. The number of carbonyl (C=O) groups is 4. The summed E-state index contributed by atoms with van der Waals surface area (Å²) in [5.74, 6) is -1.56. The Kier molecular flexibility index (Phi) is 12.7. The number of aryl methyl sites for hydroxylation is 2. The zero-order chi connectivity index (χ0) is 32.1. The Bertz CT molecular complexity index is 1620. The average Bonchev–Trinajstić information content (AvgIpc) is 2.97. The lowest BCUT2D eigenvalue weighted by Crippen LogP contribution is -2.15. The van der Waals surface area contributed by atoms with Crippen LogP contribution >= 0.6 is 11.6 Å². The molecule has 1 amide bonds. The lowest BCUT2D eigenvalue weighted by Gasteiger charge is -2.11. The third-order valence-corrected chi connectivity index (χ3v) is 5.97. The first-order valence-corrected chi connectivity index (χ1v) is 13.0. The van der Waals surface area contributed by atoms with Crippen molar-refractivity contribution in [2.24, 2.45) is 0 Å². The summed E-state index contributed by atoms with van der Waals surface area (Å²) in [5, 5.41) is 19.9. The lowest BCUT2D eigenvalue weighted by atomic mass is 10.1. The van der Waals surface area contributed by atoms with Gasteiger partial charge in [-0.3, -0.25) is 9.59 Å². The molecule has 0 fully saturated rings. The Balaban J connectivity index is 0.000000247. The molecule has 4 aromatic rings. The maximum atomic E-state index is 12.3. The monoisotopic (exact) mass is 606 g/mol. The molecular weight excluding hydrogens is 576 g/mol. The topological polar surface area (TPSA) is 165 Å². The fourth-order valence-electron chi connectivity index (χ4n) is 3.65. The van der Waals surface area contributed by atoms with Crippen molar-refractivity contribution in [3.8, 4) is 11.5 Å². The maximum absolute atomic E-state index is 12.3. The fourth-order valence-corrected chi connectivity index (χ4v) is 3.81. The summed E-state index contributed by atoms with van der Waals surface area (Å²) in [4.78, 5) is 44.7. The van der Waals surface area contributed by atoms with E-state index in [0.29, 0.717) is 28.3 Å². The van der Waals surface area contributed by atoms with Gasteiger partial charge in [-0.25, -0.2) is 9.59 Å². The molecule has 0 saturated carbocycles. The number of ether oxygens (including phenoxy) is 2. The number of amides is 1. The van der Waals surface area contributed by atoms with Crippen molar-refractivity contribution in [1.29, 1.82) is 0 Å². The van der Waals surface area contributed by atoms with E-state index in [1.54, 1.807) is 72.8 Å². The summed E-state index contributed by atoms with van der Waals surface area (Å²) in [6, 6.07) is 23.2. The molecule has 0 atom stereocenters. The summed E-state index contributed by atoms with van der Waals surface area (Å²) in [6.07, 6.45) is 0. The van der Waals surface area contributed by atoms with E-state index in [4.69, 9.17) is 37.0 Å². The van der Waals surface area contributed by atoms with Crippen molar-refractivity contribution in [3.05, 3.63) is 118 Å². The van der Waals surface area contributed by atoms with Crippen LogP contribution in [0.1, 0.15) is 52.6 Å². The number of rotatable bonds is 7. The molecule has 0 bridgehead atoms. The smallest absolute Gasteiger partial charge is 0.337 e. The van der Waals surface area contributed by atoms with Crippen molar-refractivity contribution in [2.75, 3.05) is 25.3 Å². The number of nitrogen functional groups attached to an aromatic ring is 1. The molecule has 0 aromatic heterocycles. The number of halogens is 1. The van der Waals surface area contributed by atoms with Gasteiger partial charge in [0, 0.05) is 5.69 Å². The standard InChI is InChI=1S/C16H15NO4.C8H7ClO2.C8H9NO2/c1-10-7-8-11(16(19)20)13(9-10)17-15(18)12-5-3-4-6-14(12)21-2;1-11-7-5-3-2-4-6(7)8(9)10;1-5-2-3-6(8(10)11)7(9)4-5/h3-9H,1-2H3,(H,17,18)(H,19,20);2-5H,1H3;2-4H,9H2,1H3,(H,10,11). The minimum atomic E-state index is -1.09. The molecule has 224 valence electrons. The quantitative estimate of drug-likeness (QED) is 0.139. The molecule has 0 heterocycles. The predicted octanol–water partition coefficient (Wildman–Crippen LogP) is 6.30. The molecule has 0 aliphatic carbocycles. The minimum absolute atomic E-state index is 0.0452. The maximum Gasteiger partial charge on any atom is 0.337 e. The molecule has 0 radical (unpaired) electrons. The molecule has 0 unspecified atom stereocenters. The Hall–Kier alpha value is -5.35.